The van der Waals surface area contributed by atoms with Crippen LogP contribution >= 0.6 is 0 Å². The average Bonchev–Trinajstić information content (AvgIpc) is 2.77. The largest absolute Gasteiger partial charge is 0.310 e. The van der Waals surface area contributed by atoms with Gasteiger partial charge < -0.3 is 5.32 Å². The van der Waals surface area contributed by atoms with E-state index in [-0.39, 0.29) is 0 Å². The molecule has 1 fully saturated rings. The number of aromatic nitrogens is 3. The topological polar surface area (TPSA) is 42.2 Å². The molecular formula is C14H20N4. The van der Waals surface area contributed by atoms with Gasteiger partial charge in [-0.3, -0.25) is 0 Å². The van der Waals surface area contributed by atoms with E-state index in [1.165, 1.54) is 37.7 Å². The van der Waals surface area contributed by atoms with Crippen LogP contribution in [0.5, 0.6) is 0 Å². The van der Waals surface area contributed by atoms with E-state index in [0.717, 1.165) is 17.9 Å². The van der Waals surface area contributed by atoms with Crippen LogP contribution in [0.2, 0.25) is 0 Å². The van der Waals surface area contributed by atoms with Crippen molar-refractivity contribution in [2.24, 2.45) is 0 Å². The third-order valence-electron chi connectivity index (χ3n) is 3.69. The van der Waals surface area contributed by atoms with E-state index < -0.39 is 0 Å². The van der Waals surface area contributed by atoms with Gasteiger partial charge in [-0.15, -0.1) is 0 Å². The summed E-state index contributed by atoms with van der Waals surface area (Å²) in [6, 6.07) is 2.69. The Morgan fingerprint density at radius 3 is 3.00 bits per heavy atom. The maximum Gasteiger partial charge on any atom is 0.155 e. The molecule has 1 aliphatic rings. The van der Waals surface area contributed by atoms with Gasteiger partial charge in [-0.2, -0.15) is 5.10 Å². The Morgan fingerprint density at radius 2 is 2.17 bits per heavy atom. The molecule has 3 rings (SSSR count). The highest BCUT2D eigenvalue weighted by molar-refractivity contribution is 5.38. The Balaban J connectivity index is 1.66. The van der Waals surface area contributed by atoms with Crippen molar-refractivity contribution in [1.29, 1.82) is 0 Å². The average molecular weight is 244 g/mol. The SMILES string of the molecule is Cc1cc2ncc(CNC3CCCCC3)cn2n1. The molecule has 2 heterocycles. The lowest BCUT2D eigenvalue weighted by Crippen LogP contribution is -2.30. The second kappa shape index (κ2) is 5.06. The van der Waals surface area contributed by atoms with Crippen molar-refractivity contribution < 1.29 is 0 Å². The molecule has 4 nitrogen and oxygen atoms in total. The van der Waals surface area contributed by atoms with Crippen LogP contribution in [0.4, 0.5) is 0 Å². The van der Waals surface area contributed by atoms with Gasteiger partial charge in [-0.25, -0.2) is 9.50 Å². The molecule has 0 bridgehead atoms. The fraction of sp³-hybridized carbons (Fsp3) is 0.571. The van der Waals surface area contributed by atoms with Gasteiger partial charge in [-0.1, -0.05) is 19.3 Å². The monoisotopic (exact) mass is 244 g/mol. The van der Waals surface area contributed by atoms with Gasteiger partial charge in [0.2, 0.25) is 0 Å². The number of hydrogen-bond acceptors (Lipinski definition) is 3. The molecule has 0 saturated heterocycles. The van der Waals surface area contributed by atoms with Crippen molar-refractivity contribution in [3.05, 3.63) is 29.7 Å². The van der Waals surface area contributed by atoms with E-state index in [2.05, 4.69) is 21.6 Å². The number of hydrogen-bond donors (Lipinski definition) is 1. The zero-order valence-corrected chi connectivity index (χ0v) is 10.9. The van der Waals surface area contributed by atoms with E-state index in [9.17, 15) is 0 Å². The van der Waals surface area contributed by atoms with Crippen molar-refractivity contribution in [2.75, 3.05) is 0 Å². The first-order valence-electron chi connectivity index (χ1n) is 6.85. The zero-order chi connectivity index (χ0) is 12.4. The smallest absolute Gasteiger partial charge is 0.155 e. The van der Waals surface area contributed by atoms with Gasteiger partial charge in [0.15, 0.2) is 5.65 Å². The van der Waals surface area contributed by atoms with Crippen LogP contribution in [0, 0.1) is 6.92 Å². The van der Waals surface area contributed by atoms with E-state index in [1.807, 2.05) is 23.7 Å². The zero-order valence-electron chi connectivity index (χ0n) is 10.9. The van der Waals surface area contributed by atoms with Crippen LogP contribution in [0.1, 0.15) is 43.4 Å². The number of rotatable bonds is 3. The summed E-state index contributed by atoms with van der Waals surface area (Å²) in [7, 11) is 0. The maximum atomic E-state index is 4.43. The number of aryl methyl sites for hydroxylation is 1. The third kappa shape index (κ3) is 2.53. The molecule has 1 N–H and O–H groups in total. The van der Waals surface area contributed by atoms with Crippen LogP contribution in [-0.2, 0) is 6.54 Å². The minimum absolute atomic E-state index is 0.689. The summed E-state index contributed by atoms with van der Waals surface area (Å²) >= 11 is 0. The van der Waals surface area contributed by atoms with Gasteiger partial charge in [-0.05, 0) is 19.8 Å². The van der Waals surface area contributed by atoms with Gasteiger partial charge in [0.25, 0.3) is 0 Å². The number of nitrogens with one attached hydrogen (secondary N) is 1. The quantitative estimate of drug-likeness (QED) is 0.902. The molecule has 1 saturated carbocycles. The molecule has 0 radical (unpaired) electrons. The van der Waals surface area contributed by atoms with Gasteiger partial charge in [0, 0.05) is 36.6 Å². The molecule has 2 aromatic rings. The molecule has 18 heavy (non-hydrogen) atoms. The molecule has 0 atom stereocenters. The summed E-state index contributed by atoms with van der Waals surface area (Å²) in [6.07, 6.45) is 10.8. The molecule has 0 spiro atoms. The van der Waals surface area contributed by atoms with E-state index in [1.54, 1.807) is 0 Å². The summed E-state index contributed by atoms with van der Waals surface area (Å²) < 4.78 is 1.87. The Hall–Kier alpha value is -1.42. The van der Waals surface area contributed by atoms with Crippen LogP contribution in [0.3, 0.4) is 0 Å². The highest BCUT2D eigenvalue weighted by Crippen LogP contribution is 2.17. The summed E-state index contributed by atoms with van der Waals surface area (Å²) in [5, 5.41) is 8.02. The molecule has 0 aromatic carbocycles. The second-order valence-corrected chi connectivity index (χ2v) is 5.27. The normalized spacial score (nSPS) is 17.4. The van der Waals surface area contributed by atoms with E-state index in [4.69, 9.17) is 0 Å². The molecule has 0 aliphatic heterocycles. The highest BCUT2D eigenvalue weighted by Gasteiger charge is 2.12. The molecule has 96 valence electrons. The van der Waals surface area contributed by atoms with E-state index >= 15 is 0 Å². The van der Waals surface area contributed by atoms with Crippen molar-refractivity contribution >= 4 is 5.65 Å². The number of fused-ring (bicyclic) bond motifs is 1. The minimum Gasteiger partial charge on any atom is -0.310 e. The first-order valence-corrected chi connectivity index (χ1v) is 6.85. The molecule has 1 aliphatic carbocycles. The molecule has 2 aromatic heterocycles. The van der Waals surface area contributed by atoms with Crippen LogP contribution in [-0.4, -0.2) is 20.6 Å². The van der Waals surface area contributed by atoms with Gasteiger partial charge in [0.1, 0.15) is 0 Å². The van der Waals surface area contributed by atoms with Crippen LogP contribution in [0.25, 0.3) is 5.65 Å². The predicted octanol–water partition coefficient (Wildman–Crippen LogP) is 2.46. The van der Waals surface area contributed by atoms with Gasteiger partial charge in [0.05, 0.1) is 5.69 Å². The summed E-state index contributed by atoms with van der Waals surface area (Å²) in [4.78, 5) is 4.43. The highest BCUT2D eigenvalue weighted by atomic mass is 15.2. The number of nitrogens with zero attached hydrogens (tertiary/aromatic N) is 3. The Bertz CT molecular complexity index is 526. The standard InChI is InChI=1S/C14H20N4/c1-11-7-14-16-9-12(10-18(14)17-11)8-15-13-5-3-2-4-6-13/h7,9-10,13,15H,2-6,8H2,1H3. The Kier molecular flexibility index (Phi) is 3.28. The van der Waals surface area contributed by atoms with E-state index in [0.29, 0.717) is 6.04 Å². The van der Waals surface area contributed by atoms with Gasteiger partial charge >= 0.3 is 0 Å². The van der Waals surface area contributed by atoms with Crippen LogP contribution in [0.15, 0.2) is 18.5 Å². The third-order valence-corrected chi connectivity index (χ3v) is 3.69. The summed E-state index contributed by atoms with van der Waals surface area (Å²) in [5.41, 5.74) is 3.14. The fourth-order valence-corrected chi connectivity index (χ4v) is 2.69. The lowest BCUT2D eigenvalue weighted by molar-refractivity contribution is 0.372. The molecule has 4 heteroatoms. The Morgan fingerprint density at radius 1 is 1.33 bits per heavy atom. The molecule has 0 unspecified atom stereocenters. The molecule has 0 amide bonds. The van der Waals surface area contributed by atoms with Crippen LogP contribution < -0.4 is 5.32 Å². The van der Waals surface area contributed by atoms with Crippen molar-refractivity contribution in [3.63, 3.8) is 0 Å². The van der Waals surface area contributed by atoms with Crippen molar-refractivity contribution in [3.8, 4) is 0 Å². The predicted molar refractivity (Wildman–Crippen MR) is 71.4 cm³/mol. The molecular weight excluding hydrogens is 224 g/mol. The van der Waals surface area contributed by atoms with Crippen molar-refractivity contribution in [1.82, 2.24) is 19.9 Å². The fourth-order valence-electron chi connectivity index (χ4n) is 2.69. The minimum atomic E-state index is 0.689. The van der Waals surface area contributed by atoms with Crippen molar-refractivity contribution in [2.45, 2.75) is 51.6 Å². The summed E-state index contributed by atoms with van der Waals surface area (Å²) in [6.45, 7) is 2.89. The Labute approximate surface area is 107 Å². The second-order valence-electron chi connectivity index (χ2n) is 5.27. The maximum absolute atomic E-state index is 4.43. The summed E-state index contributed by atoms with van der Waals surface area (Å²) in [5.74, 6) is 0. The first-order chi connectivity index (χ1) is 8.81. The lowest BCUT2D eigenvalue weighted by atomic mass is 9.95. The lowest BCUT2D eigenvalue weighted by Gasteiger charge is -2.22. The first kappa shape index (κ1) is 11.7.